The Hall–Kier alpha value is -1.30. The number of pyridine rings is 1. The molecule has 0 bridgehead atoms. The summed E-state index contributed by atoms with van der Waals surface area (Å²) >= 11 is 1.66. The van der Waals surface area contributed by atoms with Gasteiger partial charge in [0.05, 0.1) is 12.3 Å². The van der Waals surface area contributed by atoms with Crippen LogP contribution in [-0.4, -0.2) is 30.2 Å². The number of nitrogens with one attached hydrogen (secondary N) is 1. The van der Waals surface area contributed by atoms with Crippen LogP contribution < -0.4 is 5.32 Å². The second-order valence-electron chi connectivity index (χ2n) is 4.00. The van der Waals surface area contributed by atoms with Crippen LogP contribution in [0.2, 0.25) is 0 Å². The molecule has 0 fully saturated rings. The second-order valence-corrected chi connectivity index (χ2v) is 4.86. The van der Waals surface area contributed by atoms with Gasteiger partial charge in [-0.15, -0.1) is 11.3 Å². The maximum atomic E-state index is 4.98. The smallest absolute Gasteiger partial charge is 0.125 e. The van der Waals surface area contributed by atoms with Crippen molar-refractivity contribution in [3.05, 3.63) is 35.1 Å². The van der Waals surface area contributed by atoms with Crippen LogP contribution >= 0.6 is 11.3 Å². The standard InChI is InChI=1S/C13H17N3OS/c1-10-3-4-14-8-12(10)13-16-11(9-18-13)7-15-5-6-17-2/h3-4,8-9,15H,5-7H2,1-2H3. The summed E-state index contributed by atoms with van der Waals surface area (Å²) in [5, 5.41) is 6.40. The van der Waals surface area contributed by atoms with Crippen molar-refractivity contribution >= 4 is 11.3 Å². The number of aromatic nitrogens is 2. The van der Waals surface area contributed by atoms with Gasteiger partial charge in [-0.3, -0.25) is 4.98 Å². The minimum atomic E-state index is 0.721. The van der Waals surface area contributed by atoms with E-state index in [-0.39, 0.29) is 0 Å². The molecular weight excluding hydrogens is 246 g/mol. The van der Waals surface area contributed by atoms with E-state index in [0.29, 0.717) is 0 Å². The first kappa shape index (κ1) is 13.1. The second kappa shape index (κ2) is 6.58. The lowest BCUT2D eigenvalue weighted by Gasteiger charge is -2.01. The van der Waals surface area contributed by atoms with Crippen LogP contribution in [-0.2, 0) is 11.3 Å². The molecule has 2 heterocycles. The minimum absolute atomic E-state index is 0.721. The molecule has 0 amide bonds. The molecule has 0 spiro atoms. The van der Waals surface area contributed by atoms with Crippen LogP contribution in [0.3, 0.4) is 0 Å². The van der Waals surface area contributed by atoms with Crippen molar-refractivity contribution in [2.45, 2.75) is 13.5 Å². The summed E-state index contributed by atoms with van der Waals surface area (Å²) in [6, 6.07) is 2.01. The van der Waals surface area contributed by atoms with E-state index in [1.54, 1.807) is 24.6 Å². The molecule has 0 atom stereocenters. The highest BCUT2D eigenvalue weighted by Gasteiger charge is 2.07. The highest BCUT2D eigenvalue weighted by molar-refractivity contribution is 7.13. The predicted octanol–water partition coefficient (Wildman–Crippen LogP) is 2.25. The lowest BCUT2D eigenvalue weighted by atomic mass is 10.2. The first-order valence-electron chi connectivity index (χ1n) is 5.86. The molecule has 2 aromatic rings. The molecule has 0 unspecified atom stereocenters. The molecule has 0 aliphatic carbocycles. The highest BCUT2D eigenvalue weighted by atomic mass is 32.1. The Kier molecular flexibility index (Phi) is 4.81. The topological polar surface area (TPSA) is 47.0 Å². The Balaban J connectivity index is 2.00. The number of aryl methyl sites for hydroxylation is 1. The van der Waals surface area contributed by atoms with Gasteiger partial charge in [0, 0.05) is 43.5 Å². The van der Waals surface area contributed by atoms with Gasteiger partial charge in [-0.2, -0.15) is 0 Å². The maximum absolute atomic E-state index is 4.98. The van der Waals surface area contributed by atoms with Gasteiger partial charge in [0.15, 0.2) is 0 Å². The zero-order valence-corrected chi connectivity index (χ0v) is 11.5. The summed E-state index contributed by atoms with van der Waals surface area (Å²) in [5.74, 6) is 0. The number of ether oxygens (including phenoxy) is 1. The van der Waals surface area contributed by atoms with E-state index in [1.165, 1.54) is 5.56 Å². The molecule has 2 aromatic heterocycles. The van der Waals surface area contributed by atoms with Gasteiger partial charge < -0.3 is 10.1 Å². The van der Waals surface area contributed by atoms with E-state index in [2.05, 4.69) is 27.6 Å². The van der Waals surface area contributed by atoms with E-state index >= 15 is 0 Å². The Morgan fingerprint density at radius 1 is 1.44 bits per heavy atom. The molecule has 1 N–H and O–H groups in total. The van der Waals surface area contributed by atoms with Crippen molar-refractivity contribution in [3.63, 3.8) is 0 Å². The zero-order chi connectivity index (χ0) is 12.8. The van der Waals surface area contributed by atoms with Gasteiger partial charge in [0.2, 0.25) is 0 Å². The molecule has 0 aliphatic heterocycles. The lowest BCUT2D eigenvalue weighted by Crippen LogP contribution is -2.18. The summed E-state index contributed by atoms with van der Waals surface area (Å²) in [7, 11) is 1.70. The van der Waals surface area contributed by atoms with E-state index in [0.717, 1.165) is 36.0 Å². The first-order chi connectivity index (χ1) is 8.81. The number of nitrogens with zero attached hydrogens (tertiary/aromatic N) is 2. The fourth-order valence-corrected chi connectivity index (χ4v) is 2.48. The van der Waals surface area contributed by atoms with Gasteiger partial charge in [-0.25, -0.2) is 4.98 Å². The van der Waals surface area contributed by atoms with Gasteiger partial charge in [-0.1, -0.05) is 0 Å². The minimum Gasteiger partial charge on any atom is -0.383 e. The van der Waals surface area contributed by atoms with Gasteiger partial charge in [-0.05, 0) is 18.6 Å². The fraction of sp³-hybridized carbons (Fsp3) is 0.385. The van der Waals surface area contributed by atoms with Crippen LogP contribution in [0.5, 0.6) is 0 Å². The largest absolute Gasteiger partial charge is 0.383 e. The van der Waals surface area contributed by atoms with E-state index in [9.17, 15) is 0 Å². The van der Waals surface area contributed by atoms with Crippen molar-refractivity contribution in [2.75, 3.05) is 20.3 Å². The molecule has 2 rings (SSSR count). The third kappa shape index (κ3) is 3.35. The van der Waals surface area contributed by atoms with Gasteiger partial charge in [0.25, 0.3) is 0 Å². The average molecular weight is 263 g/mol. The number of methoxy groups -OCH3 is 1. The normalized spacial score (nSPS) is 10.8. The summed E-state index contributed by atoms with van der Waals surface area (Å²) in [4.78, 5) is 8.77. The van der Waals surface area contributed by atoms with Crippen LogP contribution in [0, 0.1) is 6.92 Å². The molecule has 0 saturated carbocycles. The molecule has 18 heavy (non-hydrogen) atoms. The summed E-state index contributed by atoms with van der Waals surface area (Å²) in [5.41, 5.74) is 3.39. The third-order valence-electron chi connectivity index (χ3n) is 2.61. The predicted molar refractivity (Wildman–Crippen MR) is 73.7 cm³/mol. The van der Waals surface area contributed by atoms with Crippen molar-refractivity contribution in [1.29, 1.82) is 0 Å². The first-order valence-corrected chi connectivity index (χ1v) is 6.74. The number of hydrogen-bond acceptors (Lipinski definition) is 5. The summed E-state index contributed by atoms with van der Waals surface area (Å²) in [6.07, 6.45) is 3.68. The summed E-state index contributed by atoms with van der Waals surface area (Å²) < 4.78 is 4.98. The zero-order valence-electron chi connectivity index (χ0n) is 10.6. The summed E-state index contributed by atoms with van der Waals surface area (Å²) in [6.45, 7) is 4.42. The molecule has 96 valence electrons. The maximum Gasteiger partial charge on any atom is 0.125 e. The van der Waals surface area contributed by atoms with Crippen LogP contribution in [0.1, 0.15) is 11.3 Å². The number of rotatable bonds is 6. The Labute approximate surface area is 111 Å². The Bertz CT molecular complexity index is 498. The van der Waals surface area contributed by atoms with Gasteiger partial charge >= 0.3 is 0 Å². The molecule has 0 aromatic carbocycles. The third-order valence-corrected chi connectivity index (χ3v) is 3.53. The van der Waals surface area contributed by atoms with Crippen molar-refractivity contribution < 1.29 is 4.74 Å². The molecule has 5 heteroatoms. The molecule has 0 saturated heterocycles. The molecule has 0 aliphatic rings. The van der Waals surface area contributed by atoms with Crippen LogP contribution in [0.4, 0.5) is 0 Å². The van der Waals surface area contributed by atoms with Gasteiger partial charge in [0.1, 0.15) is 5.01 Å². The lowest BCUT2D eigenvalue weighted by molar-refractivity contribution is 0.199. The molecule has 4 nitrogen and oxygen atoms in total. The average Bonchev–Trinajstić information content (AvgIpc) is 2.84. The van der Waals surface area contributed by atoms with Crippen molar-refractivity contribution in [2.24, 2.45) is 0 Å². The van der Waals surface area contributed by atoms with Crippen molar-refractivity contribution in [3.8, 4) is 10.6 Å². The molecular formula is C13H17N3OS. The monoisotopic (exact) mass is 263 g/mol. The van der Waals surface area contributed by atoms with Crippen LogP contribution in [0.25, 0.3) is 10.6 Å². The number of thiazole rings is 1. The van der Waals surface area contributed by atoms with E-state index in [4.69, 9.17) is 4.74 Å². The van der Waals surface area contributed by atoms with Crippen LogP contribution in [0.15, 0.2) is 23.8 Å². The molecule has 0 radical (unpaired) electrons. The van der Waals surface area contributed by atoms with E-state index < -0.39 is 0 Å². The Morgan fingerprint density at radius 3 is 3.11 bits per heavy atom. The van der Waals surface area contributed by atoms with Crippen molar-refractivity contribution in [1.82, 2.24) is 15.3 Å². The van der Waals surface area contributed by atoms with E-state index in [1.807, 2.05) is 12.3 Å². The SMILES string of the molecule is COCCNCc1csc(-c2cnccc2C)n1. The number of hydrogen-bond donors (Lipinski definition) is 1. The quantitative estimate of drug-likeness (QED) is 0.812. The highest BCUT2D eigenvalue weighted by Crippen LogP contribution is 2.25. The fourth-order valence-electron chi connectivity index (χ4n) is 1.59. The Morgan fingerprint density at radius 2 is 2.33 bits per heavy atom.